The van der Waals surface area contributed by atoms with Crippen LogP contribution < -0.4 is 5.32 Å². The maximum Gasteiger partial charge on any atom is 0.339 e. The van der Waals surface area contributed by atoms with Crippen LogP contribution in [0.5, 0.6) is 0 Å². The minimum atomic E-state index is -0.553. The Morgan fingerprint density at radius 1 is 1.22 bits per heavy atom. The van der Waals surface area contributed by atoms with E-state index in [4.69, 9.17) is 11.6 Å². The molecule has 8 heteroatoms. The Morgan fingerprint density at radius 3 is 2.61 bits per heavy atom. The van der Waals surface area contributed by atoms with Crippen molar-refractivity contribution in [1.29, 1.82) is 0 Å². The fourth-order valence-corrected chi connectivity index (χ4v) is 2.60. The van der Waals surface area contributed by atoms with Crippen molar-refractivity contribution in [3.8, 4) is 0 Å². The lowest BCUT2D eigenvalue weighted by Crippen LogP contribution is -2.17. The summed E-state index contributed by atoms with van der Waals surface area (Å²) >= 11 is 7.27. The highest BCUT2D eigenvalue weighted by molar-refractivity contribution is 7.99. The summed E-state index contributed by atoms with van der Waals surface area (Å²) < 4.78 is 9.19. The molecule has 0 spiro atoms. The topological polar surface area (TPSA) is 81.7 Å². The van der Waals surface area contributed by atoms with Crippen LogP contribution in [0.15, 0.2) is 18.2 Å². The second kappa shape index (κ2) is 10.1. The van der Waals surface area contributed by atoms with Crippen LogP contribution in [0.25, 0.3) is 0 Å². The van der Waals surface area contributed by atoms with E-state index in [0.717, 1.165) is 0 Å². The molecule has 0 unspecified atom stereocenters. The molecule has 0 aliphatic rings. The van der Waals surface area contributed by atoms with E-state index in [1.807, 2.05) is 0 Å². The molecule has 0 aliphatic carbocycles. The second-order valence-electron chi connectivity index (χ2n) is 4.46. The summed E-state index contributed by atoms with van der Waals surface area (Å²) in [7, 11) is 2.60. The summed E-state index contributed by atoms with van der Waals surface area (Å²) in [6.45, 7) is 0. The van der Waals surface area contributed by atoms with Gasteiger partial charge in [0.1, 0.15) is 0 Å². The molecule has 0 saturated heterocycles. The number of rotatable bonds is 8. The number of nitrogens with one attached hydrogen (secondary N) is 1. The molecule has 126 valence electrons. The lowest BCUT2D eigenvalue weighted by atomic mass is 10.2. The number of carbonyl (C=O) groups is 3. The number of halogens is 1. The fourth-order valence-electron chi connectivity index (χ4n) is 1.68. The predicted octanol–water partition coefficient (Wildman–Crippen LogP) is 2.75. The highest BCUT2D eigenvalue weighted by Gasteiger charge is 2.14. The molecule has 0 bridgehead atoms. The van der Waals surface area contributed by atoms with Gasteiger partial charge < -0.3 is 14.8 Å². The molecule has 1 aromatic rings. The van der Waals surface area contributed by atoms with Crippen molar-refractivity contribution >= 4 is 46.9 Å². The van der Waals surface area contributed by atoms with Gasteiger partial charge in [-0.15, -0.1) is 0 Å². The zero-order valence-electron chi connectivity index (χ0n) is 12.9. The lowest BCUT2D eigenvalue weighted by molar-refractivity contribution is -0.140. The van der Waals surface area contributed by atoms with Crippen LogP contribution in [0.3, 0.4) is 0 Å². The number of hydrogen-bond donors (Lipinski definition) is 1. The van der Waals surface area contributed by atoms with Crippen molar-refractivity contribution in [2.24, 2.45) is 0 Å². The van der Waals surface area contributed by atoms with Crippen molar-refractivity contribution in [3.63, 3.8) is 0 Å². The number of hydrogen-bond acceptors (Lipinski definition) is 6. The monoisotopic (exact) mass is 359 g/mol. The van der Waals surface area contributed by atoms with Crippen LogP contribution in [-0.2, 0) is 19.1 Å². The van der Waals surface area contributed by atoms with Crippen LogP contribution in [0.2, 0.25) is 5.02 Å². The van der Waals surface area contributed by atoms with Crippen LogP contribution >= 0.6 is 23.4 Å². The highest BCUT2D eigenvalue weighted by atomic mass is 35.5. The number of ether oxygens (including phenoxy) is 2. The third kappa shape index (κ3) is 6.92. The summed E-state index contributed by atoms with van der Waals surface area (Å²) in [5.41, 5.74) is 0.547. The lowest BCUT2D eigenvalue weighted by Gasteiger charge is -2.10. The zero-order chi connectivity index (χ0) is 17.2. The third-order valence-electron chi connectivity index (χ3n) is 2.79. The molecule has 0 fully saturated rings. The van der Waals surface area contributed by atoms with Crippen LogP contribution in [0.1, 0.15) is 23.2 Å². The maximum absolute atomic E-state index is 11.9. The van der Waals surface area contributed by atoms with E-state index in [1.54, 1.807) is 6.07 Å². The first kappa shape index (κ1) is 19.3. The average Bonchev–Trinajstić information content (AvgIpc) is 2.53. The molecule has 0 heterocycles. The van der Waals surface area contributed by atoms with Gasteiger partial charge in [-0.2, -0.15) is 11.8 Å². The van der Waals surface area contributed by atoms with Crippen molar-refractivity contribution < 1.29 is 23.9 Å². The van der Waals surface area contributed by atoms with E-state index in [1.165, 1.54) is 38.1 Å². The van der Waals surface area contributed by atoms with Crippen molar-refractivity contribution in [2.45, 2.75) is 12.8 Å². The number of benzene rings is 1. The Labute approximate surface area is 143 Å². The highest BCUT2D eigenvalue weighted by Crippen LogP contribution is 2.22. The minimum absolute atomic E-state index is 0.203. The Kier molecular flexibility index (Phi) is 8.50. The van der Waals surface area contributed by atoms with Crippen molar-refractivity contribution in [2.75, 3.05) is 31.0 Å². The van der Waals surface area contributed by atoms with Gasteiger partial charge in [-0.1, -0.05) is 11.6 Å². The van der Waals surface area contributed by atoms with E-state index in [9.17, 15) is 14.4 Å². The first-order valence-electron chi connectivity index (χ1n) is 6.80. The molecule has 0 aromatic heterocycles. The van der Waals surface area contributed by atoms with E-state index in [-0.39, 0.29) is 23.2 Å². The number of amides is 1. The maximum atomic E-state index is 11.9. The number of thioether (sulfide) groups is 1. The van der Waals surface area contributed by atoms with Gasteiger partial charge in [0.05, 0.1) is 31.2 Å². The van der Waals surface area contributed by atoms with E-state index in [0.29, 0.717) is 29.3 Å². The Bertz CT molecular complexity index is 579. The summed E-state index contributed by atoms with van der Waals surface area (Å²) in [6.07, 6.45) is 0.959. The van der Waals surface area contributed by atoms with Crippen LogP contribution in [-0.4, -0.2) is 43.6 Å². The van der Waals surface area contributed by atoms with Crippen LogP contribution in [0.4, 0.5) is 5.69 Å². The smallest absolute Gasteiger partial charge is 0.339 e. The van der Waals surface area contributed by atoms with Crippen molar-refractivity contribution in [3.05, 3.63) is 28.8 Å². The normalized spacial score (nSPS) is 10.0. The van der Waals surface area contributed by atoms with Gasteiger partial charge >= 0.3 is 11.9 Å². The van der Waals surface area contributed by atoms with Gasteiger partial charge in [0.25, 0.3) is 0 Å². The summed E-state index contributed by atoms with van der Waals surface area (Å²) in [5.74, 6) is -0.226. The van der Waals surface area contributed by atoms with Gasteiger partial charge in [-0.25, -0.2) is 4.79 Å². The molecule has 1 N–H and O–H groups in total. The van der Waals surface area contributed by atoms with E-state index < -0.39 is 5.97 Å². The molecule has 1 rings (SSSR count). The summed E-state index contributed by atoms with van der Waals surface area (Å²) in [5, 5.41) is 3.04. The third-order valence-corrected chi connectivity index (χ3v) is 4.07. The number of esters is 2. The molecular formula is C15H18ClNO5S. The first-order valence-corrected chi connectivity index (χ1v) is 8.33. The Balaban J connectivity index is 2.49. The average molecular weight is 360 g/mol. The molecule has 0 saturated carbocycles. The fraction of sp³-hybridized carbons (Fsp3) is 0.400. The molecule has 0 atom stereocenters. The largest absolute Gasteiger partial charge is 0.469 e. The van der Waals surface area contributed by atoms with Crippen LogP contribution in [0, 0.1) is 0 Å². The number of methoxy groups -OCH3 is 2. The Hall–Kier alpha value is -1.73. The molecule has 23 heavy (non-hydrogen) atoms. The molecule has 1 amide bonds. The van der Waals surface area contributed by atoms with Gasteiger partial charge in [0.15, 0.2) is 0 Å². The summed E-state index contributed by atoms with van der Waals surface area (Å²) in [6, 6.07) is 4.53. The SMILES string of the molecule is COC(=O)CCCSCC(=O)Nc1cc(Cl)ccc1C(=O)OC. The quantitative estimate of drug-likeness (QED) is 0.567. The minimum Gasteiger partial charge on any atom is -0.469 e. The molecule has 0 radical (unpaired) electrons. The van der Waals surface area contributed by atoms with E-state index >= 15 is 0 Å². The molecule has 0 aliphatic heterocycles. The molecule has 1 aromatic carbocycles. The zero-order valence-corrected chi connectivity index (χ0v) is 14.5. The first-order chi connectivity index (χ1) is 11.0. The molecular weight excluding hydrogens is 342 g/mol. The number of anilines is 1. The van der Waals surface area contributed by atoms with Gasteiger partial charge in [0.2, 0.25) is 5.91 Å². The number of carbonyl (C=O) groups excluding carboxylic acids is 3. The summed E-state index contributed by atoms with van der Waals surface area (Å²) in [4.78, 5) is 34.5. The van der Waals surface area contributed by atoms with Gasteiger partial charge in [-0.05, 0) is 30.4 Å². The van der Waals surface area contributed by atoms with Gasteiger partial charge in [0, 0.05) is 11.4 Å². The van der Waals surface area contributed by atoms with Crippen molar-refractivity contribution in [1.82, 2.24) is 0 Å². The van der Waals surface area contributed by atoms with Gasteiger partial charge in [-0.3, -0.25) is 9.59 Å². The second-order valence-corrected chi connectivity index (χ2v) is 6.00. The molecule has 6 nitrogen and oxygen atoms in total. The predicted molar refractivity (Wildman–Crippen MR) is 90.0 cm³/mol. The standard InChI is InChI=1S/C15H18ClNO5S/c1-21-14(19)4-3-7-23-9-13(18)17-12-8-10(16)5-6-11(12)15(20)22-2/h5-6,8H,3-4,7,9H2,1-2H3,(H,17,18). The Morgan fingerprint density at radius 2 is 1.96 bits per heavy atom. The van der Waals surface area contributed by atoms with E-state index in [2.05, 4.69) is 14.8 Å².